The van der Waals surface area contributed by atoms with E-state index in [2.05, 4.69) is 5.32 Å². The Hall–Kier alpha value is -1.78. The van der Waals surface area contributed by atoms with Crippen molar-refractivity contribution in [1.29, 1.82) is 0 Å². The van der Waals surface area contributed by atoms with E-state index in [0.29, 0.717) is 12.2 Å². The second-order valence-corrected chi connectivity index (χ2v) is 3.32. The molecule has 0 aromatic heterocycles. The molecule has 16 heavy (non-hydrogen) atoms. The molecular formula is C11H15FN2O2. The van der Waals surface area contributed by atoms with Gasteiger partial charge in [0.15, 0.2) is 6.61 Å². The minimum atomic E-state index is -0.446. The Morgan fingerprint density at radius 1 is 1.56 bits per heavy atom. The molecule has 0 radical (unpaired) electrons. The SMILES string of the molecule is CCCNC(=O)COc1cc(F)ccc1N. The summed E-state index contributed by atoms with van der Waals surface area (Å²) in [7, 11) is 0. The van der Waals surface area contributed by atoms with Crippen LogP contribution in [0.1, 0.15) is 13.3 Å². The highest BCUT2D eigenvalue weighted by Crippen LogP contribution is 2.21. The molecule has 0 bridgehead atoms. The van der Waals surface area contributed by atoms with E-state index in [1.165, 1.54) is 12.1 Å². The number of halogens is 1. The zero-order valence-corrected chi connectivity index (χ0v) is 9.13. The van der Waals surface area contributed by atoms with Crippen molar-refractivity contribution in [2.24, 2.45) is 0 Å². The van der Waals surface area contributed by atoms with Crippen LogP contribution in [0.4, 0.5) is 10.1 Å². The van der Waals surface area contributed by atoms with Crippen molar-refractivity contribution in [3.63, 3.8) is 0 Å². The number of amides is 1. The predicted molar refractivity (Wildman–Crippen MR) is 59.6 cm³/mol. The lowest BCUT2D eigenvalue weighted by molar-refractivity contribution is -0.123. The summed E-state index contributed by atoms with van der Waals surface area (Å²) in [4.78, 5) is 11.2. The minimum absolute atomic E-state index is 0.159. The van der Waals surface area contributed by atoms with Gasteiger partial charge in [0.1, 0.15) is 11.6 Å². The summed E-state index contributed by atoms with van der Waals surface area (Å²) in [6, 6.07) is 3.79. The molecule has 1 aromatic carbocycles. The van der Waals surface area contributed by atoms with Crippen LogP contribution in [0.5, 0.6) is 5.75 Å². The third-order valence-electron chi connectivity index (χ3n) is 1.91. The molecule has 0 fully saturated rings. The van der Waals surface area contributed by atoms with Gasteiger partial charge in [0.05, 0.1) is 5.69 Å². The zero-order valence-electron chi connectivity index (χ0n) is 9.13. The van der Waals surface area contributed by atoms with Gasteiger partial charge in [-0.25, -0.2) is 4.39 Å². The lowest BCUT2D eigenvalue weighted by Gasteiger charge is -2.08. The lowest BCUT2D eigenvalue weighted by atomic mass is 10.3. The van der Waals surface area contributed by atoms with E-state index in [-0.39, 0.29) is 18.3 Å². The maximum atomic E-state index is 12.8. The number of nitrogen functional groups attached to an aromatic ring is 1. The number of benzene rings is 1. The first-order valence-corrected chi connectivity index (χ1v) is 5.08. The molecule has 1 amide bonds. The first-order valence-electron chi connectivity index (χ1n) is 5.08. The lowest BCUT2D eigenvalue weighted by Crippen LogP contribution is -2.29. The van der Waals surface area contributed by atoms with Crippen LogP contribution in [-0.2, 0) is 4.79 Å². The molecule has 0 aliphatic carbocycles. The maximum Gasteiger partial charge on any atom is 0.257 e. The molecule has 0 aliphatic heterocycles. The van der Waals surface area contributed by atoms with Crippen molar-refractivity contribution in [1.82, 2.24) is 5.32 Å². The topological polar surface area (TPSA) is 64.3 Å². The van der Waals surface area contributed by atoms with Crippen LogP contribution in [0.15, 0.2) is 18.2 Å². The van der Waals surface area contributed by atoms with E-state index >= 15 is 0 Å². The third-order valence-corrected chi connectivity index (χ3v) is 1.91. The fraction of sp³-hybridized carbons (Fsp3) is 0.364. The largest absolute Gasteiger partial charge is 0.482 e. The van der Waals surface area contributed by atoms with Crippen LogP contribution < -0.4 is 15.8 Å². The number of ether oxygens (including phenoxy) is 1. The molecular weight excluding hydrogens is 211 g/mol. The molecule has 0 saturated heterocycles. The van der Waals surface area contributed by atoms with Gasteiger partial charge in [0.2, 0.25) is 0 Å². The molecule has 0 aliphatic rings. The van der Waals surface area contributed by atoms with Crippen LogP contribution in [0.2, 0.25) is 0 Å². The summed E-state index contributed by atoms with van der Waals surface area (Å²) in [6.07, 6.45) is 0.855. The van der Waals surface area contributed by atoms with Crippen molar-refractivity contribution >= 4 is 11.6 Å². The van der Waals surface area contributed by atoms with Crippen molar-refractivity contribution in [3.8, 4) is 5.75 Å². The van der Waals surface area contributed by atoms with E-state index in [9.17, 15) is 9.18 Å². The highest BCUT2D eigenvalue weighted by Gasteiger charge is 2.05. The molecule has 0 heterocycles. The Bertz CT molecular complexity index is 369. The summed E-state index contributed by atoms with van der Waals surface area (Å²) >= 11 is 0. The second kappa shape index (κ2) is 5.95. The average molecular weight is 226 g/mol. The van der Waals surface area contributed by atoms with Gasteiger partial charge in [0, 0.05) is 12.6 Å². The standard InChI is InChI=1S/C11H15FN2O2/c1-2-5-14-11(15)7-16-10-6-8(12)3-4-9(10)13/h3-4,6H,2,5,7,13H2,1H3,(H,14,15). The smallest absolute Gasteiger partial charge is 0.257 e. The van der Waals surface area contributed by atoms with Crippen LogP contribution in [-0.4, -0.2) is 19.1 Å². The number of anilines is 1. The highest BCUT2D eigenvalue weighted by atomic mass is 19.1. The highest BCUT2D eigenvalue weighted by molar-refractivity contribution is 5.77. The molecule has 88 valence electrons. The van der Waals surface area contributed by atoms with E-state index in [1.807, 2.05) is 6.92 Å². The quantitative estimate of drug-likeness (QED) is 0.744. The molecule has 0 spiro atoms. The van der Waals surface area contributed by atoms with Crippen LogP contribution in [0.3, 0.4) is 0 Å². The summed E-state index contributed by atoms with van der Waals surface area (Å²) in [5.41, 5.74) is 5.86. The Balaban J connectivity index is 2.47. The Kier molecular flexibility index (Phi) is 4.57. The van der Waals surface area contributed by atoms with E-state index in [1.54, 1.807) is 0 Å². The zero-order chi connectivity index (χ0) is 12.0. The first-order chi connectivity index (χ1) is 7.63. The van der Waals surface area contributed by atoms with E-state index in [4.69, 9.17) is 10.5 Å². The molecule has 0 unspecified atom stereocenters. The monoisotopic (exact) mass is 226 g/mol. The maximum absolute atomic E-state index is 12.8. The first kappa shape index (κ1) is 12.3. The summed E-state index contributed by atoms with van der Waals surface area (Å²) in [6.45, 7) is 2.39. The van der Waals surface area contributed by atoms with Gasteiger partial charge in [-0.1, -0.05) is 6.92 Å². The molecule has 3 N–H and O–H groups in total. The number of hydrogen-bond donors (Lipinski definition) is 2. The van der Waals surface area contributed by atoms with Gasteiger partial charge in [-0.05, 0) is 18.6 Å². The van der Waals surface area contributed by atoms with Gasteiger partial charge in [-0.15, -0.1) is 0 Å². The van der Waals surface area contributed by atoms with Crippen molar-refractivity contribution in [3.05, 3.63) is 24.0 Å². The number of carbonyl (C=O) groups excluding carboxylic acids is 1. The van der Waals surface area contributed by atoms with Crippen LogP contribution in [0.25, 0.3) is 0 Å². The third kappa shape index (κ3) is 3.76. The van der Waals surface area contributed by atoms with Gasteiger partial charge < -0.3 is 15.8 Å². The molecule has 4 nitrogen and oxygen atoms in total. The summed E-state index contributed by atoms with van der Waals surface area (Å²) < 4.78 is 17.9. The number of hydrogen-bond acceptors (Lipinski definition) is 3. The average Bonchev–Trinajstić information content (AvgIpc) is 2.27. The van der Waals surface area contributed by atoms with E-state index < -0.39 is 5.82 Å². The van der Waals surface area contributed by atoms with Gasteiger partial charge in [-0.3, -0.25) is 4.79 Å². The Morgan fingerprint density at radius 2 is 2.31 bits per heavy atom. The predicted octanol–water partition coefficient (Wildman–Crippen LogP) is 1.31. The Morgan fingerprint density at radius 3 is 3.00 bits per heavy atom. The fourth-order valence-electron chi connectivity index (χ4n) is 1.09. The molecule has 1 aromatic rings. The number of rotatable bonds is 5. The molecule has 5 heteroatoms. The van der Waals surface area contributed by atoms with Crippen LogP contribution >= 0.6 is 0 Å². The summed E-state index contributed by atoms with van der Waals surface area (Å²) in [5.74, 6) is -0.504. The molecule has 0 saturated carbocycles. The van der Waals surface area contributed by atoms with Crippen molar-refractivity contribution < 1.29 is 13.9 Å². The minimum Gasteiger partial charge on any atom is -0.482 e. The number of nitrogens with two attached hydrogens (primary N) is 1. The van der Waals surface area contributed by atoms with Gasteiger partial charge in [0.25, 0.3) is 5.91 Å². The molecule has 0 atom stereocenters. The van der Waals surface area contributed by atoms with E-state index in [0.717, 1.165) is 12.5 Å². The van der Waals surface area contributed by atoms with Gasteiger partial charge >= 0.3 is 0 Å². The normalized spacial score (nSPS) is 9.88. The second-order valence-electron chi connectivity index (χ2n) is 3.32. The Labute approximate surface area is 93.6 Å². The number of carbonyl (C=O) groups is 1. The van der Waals surface area contributed by atoms with Crippen LogP contribution in [0, 0.1) is 5.82 Å². The molecule has 1 rings (SSSR count). The summed E-state index contributed by atoms with van der Waals surface area (Å²) in [5, 5.41) is 2.64. The van der Waals surface area contributed by atoms with Gasteiger partial charge in [-0.2, -0.15) is 0 Å². The number of nitrogens with one attached hydrogen (secondary N) is 1. The van der Waals surface area contributed by atoms with Crippen molar-refractivity contribution in [2.45, 2.75) is 13.3 Å². The fourth-order valence-corrected chi connectivity index (χ4v) is 1.09. The van der Waals surface area contributed by atoms with Crippen molar-refractivity contribution in [2.75, 3.05) is 18.9 Å².